The molecule has 1 aromatic rings. The van der Waals surface area contributed by atoms with Gasteiger partial charge in [0.25, 0.3) is 0 Å². The summed E-state index contributed by atoms with van der Waals surface area (Å²) < 4.78 is 2.04. The van der Waals surface area contributed by atoms with Crippen molar-refractivity contribution in [1.29, 1.82) is 0 Å². The summed E-state index contributed by atoms with van der Waals surface area (Å²) in [4.78, 5) is 4.39. The predicted molar refractivity (Wildman–Crippen MR) is 82.4 cm³/mol. The van der Waals surface area contributed by atoms with Gasteiger partial charge in [-0.25, -0.2) is 9.67 Å². The van der Waals surface area contributed by atoms with E-state index in [0.717, 1.165) is 24.8 Å². The van der Waals surface area contributed by atoms with Crippen LogP contribution in [-0.4, -0.2) is 20.8 Å². The van der Waals surface area contributed by atoms with E-state index in [1.165, 1.54) is 38.5 Å². The number of rotatable bonds is 6. The Hall–Kier alpha value is -0.900. The average molecular weight is 278 g/mol. The van der Waals surface area contributed by atoms with Crippen LogP contribution in [0.1, 0.15) is 65.1 Å². The third-order valence-electron chi connectivity index (χ3n) is 4.42. The number of nitrogens with zero attached hydrogens (tertiary/aromatic N) is 3. The van der Waals surface area contributed by atoms with Crippen LogP contribution in [0.3, 0.4) is 0 Å². The van der Waals surface area contributed by atoms with E-state index in [2.05, 4.69) is 36.2 Å². The van der Waals surface area contributed by atoms with Crippen molar-refractivity contribution in [2.45, 2.75) is 78.4 Å². The molecule has 0 unspecified atom stereocenters. The molecule has 0 radical (unpaired) electrons. The van der Waals surface area contributed by atoms with Crippen LogP contribution in [0, 0.1) is 11.8 Å². The molecule has 0 spiro atoms. The highest BCUT2D eigenvalue weighted by atomic mass is 15.3. The van der Waals surface area contributed by atoms with Crippen molar-refractivity contribution >= 4 is 0 Å². The van der Waals surface area contributed by atoms with Gasteiger partial charge in [-0.1, -0.05) is 39.5 Å². The van der Waals surface area contributed by atoms with Crippen molar-refractivity contribution in [3.8, 4) is 0 Å². The van der Waals surface area contributed by atoms with Gasteiger partial charge in [-0.05, 0) is 31.6 Å². The quantitative estimate of drug-likeness (QED) is 0.811. The van der Waals surface area contributed by atoms with Crippen LogP contribution in [-0.2, 0) is 13.1 Å². The van der Waals surface area contributed by atoms with Crippen LogP contribution >= 0.6 is 0 Å². The maximum absolute atomic E-state index is 4.39. The van der Waals surface area contributed by atoms with Gasteiger partial charge in [0.1, 0.15) is 12.2 Å². The van der Waals surface area contributed by atoms with E-state index in [-0.39, 0.29) is 0 Å². The molecule has 1 fully saturated rings. The number of aromatic nitrogens is 3. The lowest BCUT2D eigenvalue weighted by atomic mass is 9.93. The molecule has 2 rings (SSSR count). The molecule has 1 aliphatic rings. The van der Waals surface area contributed by atoms with E-state index in [1.54, 1.807) is 6.33 Å². The second-order valence-corrected chi connectivity index (χ2v) is 6.67. The molecule has 114 valence electrons. The Morgan fingerprint density at radius 1 is 1.20 bits per heavy atom. The van der Waals surface area contributed by atoms with E-state index >= 15 is 0 Å². The molecule has 0 amide bonds. The zero-order valence-electron chi connectivity index (χ0n) is 13.3. The van der Waals surface area contributed by atoms with Crippen LogP contribution in [0.4, 0.5) is 0 Å². The lowest BCUT2D eigenvalue weighted by Gasteiger charge is -2.23. The molecule has 0 saturated heterocycles. The molecule has 1 heterocycles. The fourth-order valence-electron chi connectivity index (χ4n) is 3.15. The first-order valence-electron chi connectivity index (χ1n) is 8.27. The summed E-state index contributed by atoms with van der Waals surface area (Å²) in [7, 11) is 0. The Morgan fingerprint density at radius 2 is 1.90 bits per heavy atom. The Balaban J connectivity index is 1.83. The largest absolute Gasteiger partial charge is 0.307 e. The zero-order chi connectivity index (χ0) is 14.4. The molecule has 1 N–H and O–H groups in total. The van der Waals surface area contributed by atoms with Crippen molar-refractivity contribution in [2.24, 2.45) is 11.8 Å². The molecule has 1 atom stereocenters. The molecule has 20 heavy (non-hydrogen) atoms. The Morgan fingerprint density at radius 3 is 2.55 bits per heavy atom. The highest BCUT2D eigenvalue weighted by Crippen LogP contribution is 2.25. The van der Waals surface area contributed by atoms with Crippen LogP contribution in [0.5, 0.6) is 0 Å². The minimum atomic E-state index is 0.581. The highest BCUT2D eigenvalue weighted by Gasteiger charge is 2.19. The van der Waals surface area contributed by atoms with Crippen molar-refractivity contribution in [3.63, 3.8) is 0 Å². The smallest absolute Gasteiger partial charge is 0.140 e. The van der Waals surface area contributed by atoms with Gasteiger partial charge in [0.05, 0.1) is 6.54 Å². The third kappa shape index (κ3) is 4.58. The lowest BCUT2D eigenvalue weighted by Crippen LogP contribution is -2.34. The summed E-state index contributed by atoms with van der Waals surface area (Å²) in [6, 6.07) is 0.581. The second kappa shape index (κ2) is 7.77. The Bertz CT molecular complexity index is 378. The maximum Gasteiger partial charge on any atom is 0.140 e. The maximum atomic E-state index is 4.39. The minimum Gasteiger partial charge on any atom is -0.307 e. The number of hydrogen-bond acceptors (Lipinski definition) is 3. The van der Waals surface area contributed by atoms with E-state index in [9.17, 15) is 0 Å². The average Bonchev–Trinajstić information content (AvgIpc) is 2.67. The molecule has 1 aromatic heterocycles. The van der Waals surface area contributed by atoms with Gasteiger partial charge in [0.15, 0.2) is 0 Å². The summed E-state index contributed by atoms with van der Waals surface area (Å²) >= 11 is 0. The fraction of sp³-hybridized carbons (Fsp3) is 0.875. The van der Waals surface area contributed by atoms with E-state index < -0.39 is 0 Å². The van der Waals surface area contributed by atoms with Gasteiger partial charge < -0.3 is 5.32 Å². The Kier molecular flexibility index (Phi) is 6.02. The van der Waals surface area contributed by atoms with Crippen molar-refractivity contribution in [3.05, 3.63) is 12.2 Å². The summed E-state index contributed by atoms with van der Waals surface area (Å²) in [5.41, 5.74) is 0. The van der Waals surface area contributed by atoms with Gasteiger partial charge in [0, 0.05) is 12.6 Å². The minimum absolute atomic E-state index is 0.581. The van der Waals surface area contributed by atoms with Gasteiger partial charge in [0.2, 0.25) is 0 Å². The summed E-state index contributed by atoms with van der Waals surface area (Å²) in [6.07, 6.45) is 10.1. The SMILES string of the molecule is CC(C)Cn1ncnc1CN[C@@H](C)C1CCCCCC1. The molecular formula is C16H30N4. The second-order valence-electron chi connectivity index (χ2n) is 6.67. The molecule has 0 bridgehead atoms. The van der Waals surface area contributed by atoms with E-state index in [0.29, 0.717) is 12.0 Å². The standard InChI is InChI=1S/C16H30N4/c1-13(2)11-20-16(18-12-19-20)10-17-14(3)15-8-6-4-5-7-9-15/h12-15,17H,4-11H2,1-3H3/t14-/m0/s1. The van der Waals surface area contributed by atoms with Crippen LogP contribution < -0.4 is 5.32 Å². The van der Waals surface area contributed by atoms with Gasteiger partial charge in [-0.3, -0.25) is 0 Å². The van der Waals surface area contributed by atoms with Gasteiger partial charge >= 0.3 is 0 Å². The molecular weight excluding hydrogens is 248 g/mol. The van der Waals surface area contributed by atoms with Gasteiger partial charge in [-0.15, -0.1) is 0 Å². The Labute approximate surface area is 123 Å². The van der Waals surface area contributed by atoms with Crippen LogP contribution in [0.15, 0.2) is 6.33 Å². The van der Waals surface area contributed by atoms with Crippen molar-refractivity contribution in [1.82, 2.24) is 20.1 Å². The number of nitrogens with one attached hydrogen (secondary N) is 1. The lowest BCUT2D eigenvalue weighted by molar-refractivity contribution is 0.330. The van der Waals surface area contributed by atoms with Crippen LogP contribution in [0.25, 0.3) is 0 Å². The normalized spacial score (nSPS) is 19.2. The molecule has 4 nitrogen and oxygen atoms in total. The predicted octanol–water partition coefficient (Wildman–Crippen LogP) is 3.38. The number of hydrogen-bond donors (Lipinski definition) is 1. The first-order chi connectivity index (χ1) is 9.66. The molecule has 4 heteroatoms. The van der Waals surface area contributed by atoms with Crippen molar-refractivity contribution < 1.29 is 0 Å². The van der Waals surface area contributed by atoms with Crippen LogP contribution in [0.2, 0.25) is 0 Å². The highest BCUT2D eigenvalue weighted by molar-refractivity contribution is 4.86. The first kappa shape index (κ1) is 15.5. The third-order valence-corrected chi connectivity index (χ3v) is 4.42. The summed E-state index contributed by atoms with van der Waals surface area (Å²) in [6.45, 7) is 8.55. The summed E-state index contributed by atoms with van der Waals surface area (Å²) in [5.74, 6) is 2.51. The molecule has 0 aliphatic heterocycles. The van der Waals surface area contributed by atoms with E-state index in [4.69, 9.17) is 0 Å². The molecule has 1 saturated carbocycles. The topological polar surface area (TPSA) is 42.7 Å². The fourth-order valence-corrected chi connectivity index (χ4v) is 3.15. The van der Waals surface area contributed by atoms with Gasteiger partial charge in [-0.2, -0.15) is 5.10 Å². The molecule has 1 aliphatic carbocycles. The molecule has 0 aromatic carbocycles. The zero-order valence-corrected chi connectivity index (χ0v) is 13.3. The summed E-state index contributed by atoms with van der Waals surface area (Å²) in [5, 5.41) is 8.00. The van der Waals surface area contributed by atoms with Crippen molar-refractivity contribution in [2.75, 3.05) is 0 Å². The van der Waals surface area contributed by atoms with E-state index in [1.807, 2.05) is 4.68 Å². The monoisotopic (exact) mass is 278 g/mol. The first-order valence-corrected chi connectivity index (χ1v) is 8.27.